The molecular formula is C22H27N3O5S. The smallest absolute Gasteiger partial charge is 0.255 e. The second kappa shape index (κ2) is 9.49. The SMILES string of the molecule is Cc1cc(C(=O)Nc2ccccc2C(=O)NC[C@H]2CCCO2)ccc1N(C)S(C)(=O)=O. The summed E-state index contributed by atoms with van der Waals surface area (Å²) in [6.45, 7) is 2.88. The number of anilines is 2. The zero-order chi connectivity index (χ0) is 22.6. The molecule has 0 unspecified atom stereocenters. The number of nitrogens with zero attached hydrogens (tertiary/aromatic N) is 1. The van der Waals surface area contributed by atoms with Crippen LogP contribution in [0.2, 0.25) is 0 Å². The number of rotatable bonds is 7. The average molecular weight is 446 g/mol. The van der Waals surface area contributed by atoms with Crippen LogP contribution in [0, 0.1) is 6.92 Å². The minimum atomic E-state index is -3.41. The number of hydrogen-bond acceptors (Lipinski definition) is 5. The Morgan fingerprint density at radius 3 is 2.55 bits per heavy atom. The summed E-state index contributed by atoms with van der Waals surface area (Å²) in [5, 5.41) is 5.64. The lowest BCUT2D eigenvalue weighted by Gasteiger charge is -2.19. The van der Waals surface area contributed by atoms with Crippen molar-refractivity contribution in [1.29, 1.82) is 0 Å². The van der Waals surface area contributed by atoms with Gasteiger partial charge in [0.25, 0.3) is 11.8 Å². The number of amides is 2. The second-order valence-electron chi connectivity index (χ2n) is 7.58. The largest absolute Gasteiger partial charge is 0.376 e. The van der Waals surface area contributed by atoms with Gasteiger partial charge in [-0.15, -0.1) is 0 Å². The van der Waals surface area contributed by atoms with Crippen LogP contribution in [-0.4, -0.2) is 52.8 Å². The van der Waals surface area contributed by atoms with Crippen molar-refractivity contribution < 1.29 is 22.7 Å². The maximum absolute atomic E-state index is 12.8. The van der Waals surface area contributed by atoms with Gasteiger partial charge in [-0.05, 0) is 55.7 Å². The molecule has 0 aliphatic carbocycles. The van der Waals surface area contributed by atoms with Crippen molar-refractivity contribution in [3.05, 3.63) is 59.2 Å². The third-order valence-electron chi connectivity index (χ3n) is 5.23. The van der Waals surface area contributed by atoms with Gasteiger partial charge in [0.1, 0.15) is 0 Å². The second-order valence-corrected chi connectivity index (χ2v) is 9.59. The number of carbonyl (C=O) groups is 2. The summed E-state index contributed by atoms with van der Waals surface area (Å²) in [5.41, 5.74) is 2.25. The Bertz CT molecular complexity index is 1080. The van der Waals surface area contributed by atoms with E-state index in [1.165, 1.54) is 7.05 Å². The zero-order valence-corrected chi connectivity index (χ0v) is 18.7. The van der Waals surface area contributed by atoms with Crippen molar-refractivity contribution in [2.75, 3.05) is 36.1 Å². The standard InChI is InChI=1S/C22H27N3O5S/c1-15-13-16(10-11-20(15)25(2)31(3,28)29)21(26)24-19-9-5-4-8-18(19)22(27)23-14-17-7-6-12-30-17/h4-5,8-11,13,17H,6-7,12,14H2,1-3H3,(H,23,27)(H,24,26)/t17-/m1/s1. The first-order chi connectivity index (χ1) is 14.7. The van der Waals surface area contributed by atoms with Gasteiger partial charge >= 0.3 is 0 Å². The van der Waals surface area contributed by atoms with Crippen molar-refractivity contribution in [3.8, 4) is 0 Å². The molecule has 0 saturated carbocycles. The van der Waals surface area contributed by atoms with Crippen molar-refractivity contribution in [3.63, 3.8) is 0 Å². The first-order valence-electron chi connectivity index (χ1n) is 10.0. The monoisotopic (exact) mass is 445 g/mol. The van der Waals surface area contributed by atoms with E-state index in [0.29, 0.717) is 41.2 Å². The molecule has 1 aliphatic rings. The van der Waals surface area contributed by atoms with Crippen LogP contribution < -0.4 is 14.9 Å². The molecule has 8 nitrogen and oxygen atoms in total. The Morgan fingerprint density at radius 1 is 1.16 bits per heavy atom. The number of benzene rings is 2. The van der Waals surface area contributed by atoms with E-state index in [1.54, 1.807) is 49.4 Å². The fourth-order valence-corrected chi connectivity index (χ4v) is 3.98. The molecule has 9 heteroatoms. The highest BCUT2D eigenvalue weighted by atomic mass is 32.2. The molecule has 0 bridgehead atoms. The van der Waals surface area contributed by atoms with Crippen molar-refractivity contribution in [2.45, 2.75) is 25.9 Å². The van der Waals surface area contributed by atoms with Gasteiger partial charge < -0.3 is 15.4 Å². The topological polar surface area (TPSA) is 105 Å². The molecule has 2 amide bonds. The summed E-state index contributed by atoms with van der Waals surface area (Å²) in [6, 6.07) is 11.5. The summed E-state index contributed by atoms with van der Waals surface area (Å²) >= 11 is 0. The van der Waals surface area contributed by atoms with Crippen LogP contribution in [0.5, 0.6) is 0 Å². The van der Waals surface area contributed by atoms with Crippen LogP contribution in [0.3, 0.4) is 0 Å². The summed E-state index contributed by atoms with van der Waals surface area (Å²) in [6.07, 6.45) is 3.05. The van der Waals surface area contributed by atoms with Crippen LogP contribution in [0.15, 0.2) is 42.5 Å². The van der Waals surface area contributed by atoms with E-state index in [0.717, 1.165) is 23.4 Å². The average Bonchev–Trinajstić information content (AvgIpc) is 3.25. The summed E-state index contributed by atoms with van der Waals surface area (Å²) in [5.74, 6) is -0.677. The third kappa shape index (κ3) is 5.62. The third-order valence-corrected chi connectivity index (χ3v) is 6.42. The van der Waals surface area contributed by atoms with Gasteiger partial charge in [-0.25, -0.2) is 8.42 Å². The van der Waals surface area contributed by atoms with E-state index < -0.39 is 15.9 Å². The summed E-state index contributed by atoms with van der Waals surface area (Å²) in [7, 11) is -1.95. The van der Waals surface area contributed by atoms with E-state index in [9.17, 15) is 18.0 Å². The van der Waals surface area contributed by atoms with Gasteiger partial charge in [0.05, 0.1) is 29.3 Å². The normalized spacial score (nSPS) is 16.0. The first-order valence-corrected chi connectivity index (χ1v) is 11.9. The van der Waals surface area contributed by atoms with Crippen LogP contribution in [-0.2, 0) is 14.8 Å². The van der Waals surface area contributed by atoms with E-state index in [-0.39, 0.29) is 12.0 Å². The molecule has 31 heavy (non-hydrogen) atoms. The van der Waals surface area contributed by atoms with E-state index in [2.05, 4.69) is 10.6 Å². The number of nitrogens with one attached hydrogen (secondary N) is 2. The van der Waals surface area contributed by atoms with E-state index in [1.807, 2.05) is 0 Å². The van der Waals surface area contributed by atoms with Gasteiger partial charge in [0, 0.05) is 25.8 Å². The molecule has 1 atom stereocenters. The number of hydrogen-bond donors (Lipinski definition) is 2. The molecule has 2 aromatic rings. The highest BCUT2D eigenvalue weighted by Gasteiger charge is 2.20. The molecule has 166 valence electrons. The molecule has 3 rings (SSSR count). The van der Waals surface area contributed by atoms with Gasteiger partial charge in [0.2, 0.25) is 10.0 Å². The van der Waals surface area contributed by atoms with E-state index >= 15 is 0 Å². The molecule has 1 fully saturated rings. The van der Waals surface area contributed by atoms with Crippen LogP contribution in [0.1, 0.15) is 39.1 Å². The molecule has 0 radical (unpaired) electrons. The molecule has 1 aliphatic heterocycles. The van der Waals surface area contributed by atoms with Gasteiger partial charge in [-0.3, -0.25) is 13.9 Å². The molecule has 0 aromatic heterocycles. The predicted molar refractivity (Wildman–Crippen MR) is 120 cm³/mol. The van der Waals surface area contributed by atoms with Crippen molar-refractivity contribution in [2.24, 2.45) is 0 Å². The van der Waals surface area contributed by atoms with Gasteiger partial charge in [-0.1, -0.05) is 12.1 Å². The van der Waals surface area contributed by atoms with Gasteiger partial charge in [0.15, 0.2) is 0 Å². The minimum absolute atomic E-state index is 0.0252. The molecule has 0 spiro atoms. The highest BCUT2D eigenvalue weighted by molar-refractivity contribution is 7.92. The maximum Gasteiger partial charge on any atom is 0.255 e. The Hall–Kier alpha value is -2.91. The lowest BCUT2D eigenvalue weighted by atomic mass is 10.1. The number of sulfonamides is 1. The number of ether oxygens (including phenoxy) is 1. The first kappa shape index (κ1) is 22.8. The maximum atomic E-state index is 12.8. The Kier molecular flexibility index (Phi) is 6.97. The zero-order valence-electron chi connectivity index (χ0n) is 17.8. The lowest BCUT2D eigenvalue weighted by Crippen LogP contribution is -2.32. The van der Waals surface area contributed by atoms with Crippen molar-refractivity contribution in [1.82, 2.24) is 5.32 Å². The molecule has 2 N–H and O–H groups in total. The molecular weight excluding hydrogens is 418 g/mol. The fourth-order valence-electron chi connectivity index (χ4n) is 3.42. The summed E-state index contributed by atoms with van der Waals surface area (Å²) in [4.78, 5) is 25.4. The quantitative estimate of drug-likeness (QED) is 0.682. The molecule has 1 heterocycles. The minimum Gasteiger partial charge on any atom is -0.376 e. The Balaban J connectivity index is 1.73. The number of para-hydroxylation sites is 1. The lowest BCUT2D eigenvalue weighted by molar-refractivity contribution is 0.0858. The van der Waals surface area contributed by atoms with Crippen molar-refractivity contribution >= 4 is 33.2 Å². The van der Waals surface area contributed by atoms with Crippen LogP contribution in [0.4, 0.5) is 11.4 Å². The van der Waals surface area contributed by atoms with Crippen LogP contribution >= 0.6 is 0 Å². The molecule has 1 saturated heterocycles. The van der Waals surface area contributed by atoms with Crippen LogP contribution in [0.25, 0.3) is 0 Å². The highest BCUT2D eigenvalue weighted by Crippen LogP contribution is 2.23. The molecule has 2 aromatic carbocycles. The fraction of sp³-hybridized carbons (Fsp3) is 0.364. The Morgan fingerprint density at radius 2 is 1.90 bits per heavy atom. The number of carbonyl (C=O) groups excluding carboxylic acids is 2. The van der Waals surface area contributed by atoms with E-state index in [4.69, 9.17) is 4.74 Å². The van der Waals surface area contributed by atoms with Gasteiger partial charge in [-0.2, -0.15) is 0 Å². The summed E-state index contributed by atoms with van der Waals surface area (Å²) < 4.78 is 30.3. The predicted octanol–water partition coefficient (Wildman–Crippen LogP) is 2.55. The number of aryl methyl sites for hydroxylation is 1. The Labute approximate surface area is 182 Å².